The fourth-order valence-electron chi connectivity index (χ4n) is 4.53. The zero-order chi connectivity index (χ0) is 24.5. The molecule has 0 saturated carbocycles. The van der Waals surface area contributed by atoms with Gasteiger partial charge in [0.15, 0.2) is 13.5 Å². The van der Waals surface area contributed by atoms with Crippen molar-refractivity contribution in [2.75, 3.05) is 0 Å². The van der Waals surface area contributed by atoms with Crippen LogP contribution in [0.1, 0.15) is 58.9 Å². The van der Waals surface area contributed by atoms with Crippen LogP contribution in [0, 0.1) is 0 Å². The molecule has 1 aliphatic rings. The van der Waals surface area contributed by atoms with E-state index in [4.69, 9.17) is 32.7 Å². The molecule has 2 aromatic heterocycles. The van der Waals surface area contributed by atoms with Gasteiger partial charge in [-0.2, -0.15) is 5.10 Å². The zero-order valence-electron chi connectivity index (χ0n) is 19.5. The van der Waals surface area contributed by atoms with E-state index in [2.05, 4.69) is 5.32 Å². The Morgan fingerprint density at radius 3 is 2.66 bits per heavy atom. The van der Waals surface area contributed by atoms with Crippen LogP contribution in [-0.2, 0) is 6.42 Å². The summed E-state index contributed by atoms with van der Waals surface area (Å²) in [5.41, 5.74) is 5.80. The topological polar surface area (TPSA) is 60.1 Å². The monoisotopic (exact) mass is 503 g/mol. The summed E-state index contributed by atoms with van der Waals surface area (Å²) in [6.45, 7) is 1.97. The molecule has 0 aliphatic heterocycles. The van der Waals surface area contributed by atoms with Crippen LogP contribution in [0.4, 0.5) is 0 Å². The Morgan fingerprint density at radius 2 is 1.94 bits per heavy atom. The number of hydrogen-bond donors (Lipinski definition) is 1. The smallest absolute Gasteiger partial charge is 0.272 e. The summed E-state index contributed by atoms with van der Waals surface area (Å²) in [4.78, 5) is 13.5. The molecule has 1 amide bonds. The fourth-order valence-corrected chi connectivity index (χ4v) is 5.02. The van der Waals surface area contributed by atoms with Gasteiger partial charge in [-0.25, -0.2) is 4.68 Å². The van der Waals surface area contributed by atoms with Crippen molar-refractivity contribution in [3.8, 4) is 5.69 Å². The van der Waals surface area contributed by atoms with Crippen molar-refractivity contribution in [2.45, 2.75) is 32.2 Å². The zero-order valence-corrected chi connectivity index (χ0v) is 21.0. The SMILES string of the molecule is Bc1ccc(/C=C2\CCCc3c(C(=O)N[C@H](C)c4ccccc4)nn(-c4ccc(Cl)cc4Cl)c32)o1. The molecule has 35 heavy (non-hydrogen) atoms. The standard InChI is InChI=1S/C27H24BCl2N3O2/c1-16(17-6-3-2-4-7-17)31-27(34)25-21-9-5-8-18(14-20-11-13-24(28)35-20)26(21)33(32-25)23-12-10-19(29)15-22(23)30/h2-4,6-7,10-16H,5,8-9,28H2,1H3,(H,31,34)/b18-14+/t16-/m1/s1. The van der Waals surface area contributed by atoms with Crippen molar-refractivity contribution >= 4 is 54.3 Å². The Kier molecular flexibility index (Phi) is 6.59. The Morgan fingerprint density at radius 1 is 1.14 bits per heavy atom. The summed E-state index contributed by atoms with van der Waals surface area (Å²) < 4.78 is 7.59. The molecule has 0 radical (unpaired) electrons. The average Bonchev–Trinajstić information content (AvgIpc) is 3.43. The van der Waals surface area contributed by atoms with E-state index in [-0.39, 0.29) is 11.9 Å². The van der Waals surface area contributed by atoms with Crippen LogP contribution in [0.25, 0.3) is 17.3 Å². The number of hydrogen-bond acceptors (Lipinski definition) is 3. The molecule has 0 saturated heterocycles. The minimum absolute atomic E-state index is 0.159. The maximum atomic E-state index is 13.5. The molecule has 8 heteroatoms. The third kappa shape index (κ3) is 4.81. The largest absolute Gasteiger partial charge is 0.473 e. The summed E-state index contributed by atoms with van der Waals surface area (Å²) in [6, 6.07) is 18.9. The maximum absolute atomic E-state index is 13.5. The van der Waals surface area contributed by atoms with Gasteiger partial charge < -0.3 is 9.73 Å². The second-order valence-corrected chi connectivity index (χ2v) is 9.60. The first-order valence-corrected chi connectivity index (χ1v) is 12.4. The first-order chi connectivity index (χ1) is 16.9. The molecule has 2 aromatic carbocycles. The van der Waals surface area contributed by atoms with Crippen LogP contribution in [0.15, 0.2) is 65.1 Å². The van der Waals surface area contributed by atoms with E-state index in [0.717, 1.165) is 53.1 Å². The lowest BCUT2D eigenvalue weighted by atomic mass is 9.90. The first kappa shape index (κ1) is 23.5. The Hall–Kier alpha value is -3.22. The van der Waals surface area contributed by atoms with E-state index in [9.17, 15) is 4.79 Å². The molecule has 0 fully saturated rings. The van der Waals surface area contributed by atoms with Crippen molar-refractivity contribution in [2.24, 2.45) is 0 Å². The Balaban J connectivity index is 1.61. The number of carbonyl (C=O) groups excluding carboxylic acids is 1. The summed E-state index contributed by atoms with van der Waals surface area (Å²) in [5.74, 6) is 0.556. The number of nitrogens with zero attached hydrogens (tertiary/aromatic N) is 2. The van der Waals surface area contributed by atoms with Crippen LogP contribution in [0.2, 0.25) is 10.0 Å². The lowest BCUT2D eigenvalue weighted by Gasteiger charge is -2.19. The highest BCUT2D eigenvalue weighted by Gasteiger charge is 2.30. The second kappa shape index (κ2) is 9.80. The summed E-state index contributed by atoms with van der Waals surface area (Å²) in [5, 5.41) is 8.92. The molecule has 5 rings (SSSR count). The van der Waals surface area contributed by atoms with Crippen LogP contribution in [-0.4, -0.2) is 23.5 Å². The highest BCUT2D eigenvalue weighted by Crippen LogP contribution is 2.37. The third-order valence-corrected chi connectivity index (χ3v) is 6.78. The molecule has 0 unspecified atom stereocenters. The number of nitrogens with one attached hydrogen (secondary N) is 1. The lowest BCUT2D eigenvalue weighted by Crippen LogP contribution is -2.28. The van der Waals surface area contributed by atoms with E-state index >= 15 is 0 Å². The van der Waals surface area contributed by atoms with Crippen molar-refractivity contribution in [1.29, 1.82) is 0 Å². The number of benzene rings is 2. The van der Waals surface area contributed by atoms with E-state index < -0.39 is 0 Å². The van der Waals surface area contributed by atoms with Gasteiger partial charge in [-0.05, 0) is 73.7 Å². The minimum Gasteiger partial charge on any atom is -0.473 e. The molecule has 4 aromatic rings. The molecular formula is C27H24BCl2N3O2. The number of rotatable bonds is 5. The van der Waals surface area contributed by atoms with Gasteiger partial charge in [-0.3, -0.25) is 4.79 Å². The highest BCUT2D eigenvalue weighted by molar-refractivity contribution is 6.35. The van der Waals surface area contributed by atoms with Crippen molar-refractivity contribution in [1.82, 2.24) is 15.1 Å². The van der Waals surface area contributed by atoms with Gasteiger partial charge in [0.25, 0.3) is 5.91 Å². The molecule has 5 nitrogen and oxygen atoms in total. The van der Waals surface area contributed by atoms with Gasteiger partial charge in [0.1, 0.15) is 5.76 Å². The van der Waals surface area contributed by atoms with E-state index in [1.807, 2.05) is 69.4 Å². The lowest BCUT2D eigenvalue weighted by molar-refractivity contribution is 0.0933. The number of aromatic nitrogens is 2. The third-order valence-electron chi connectivity index (χ3n) is 6.24. The Bertz CT molecular complexity index is 1430. The molecule has 1 aliphatic carbocycles. The van der Waals surface area contributed by atoms with Gasteiger partial charge in [-0.15, -0.1) is 0 Å². The van der Waals surface area contributed by atoms with Crippen molar-refractivity contribution < 1.29 is 9.21 Å². The van der Waals surface area contributed by atoms with Gasteiger partial charge in [-0.1, -0.05) is 53.5 Å². The van der Waals surface area contributed by atoms with E-state index in [0.29, 0.717) is 21.4 Å². The highest BCUT2D eigenvalue weighted by atomic mass is 35.5. The molecule has 0 spiro atoms. The van der Waals surface area contributed by atoms with Gasteiger partial charge in [0.05, 0.1) is 28.1 Å². The minimum atomic E-state index is -0.212. The van der Waals surface area contributed by atoms with Gasteiger partial charge in [0, 0.05) is 10.6 Å². The van der Waals surface area contributed by atoms with Crippen LogP contribution in [0.3, 0.4) is 0 Å². The quantitative estimate of drug-likeness (QED) is 0.371. The number of halogens is 2. The molecule has 2 heterocycles. The second-order valence-electron chi connectivity index (χ2n) is 8.76. The fraction of sp³-hybridized carbons (Fsp3) is 0.185. The average molecular weight is 504 g/mol. The number of amides is 1. The first-order valence-electron chi connectivity index (χ1n) is 11.6. The van der Waals surface area contributed by atoms with Gasteiger partial charge >= 0.3 is 0 Å². The number of fused-ring (bicyclic) bond motifs is 1. The predicted molar refractivity (Wildman–Crippen MR) is 144 cm³/mol. The molecule has 0 bridgehead atoms. The molecule has 176 valence electrons. The predicted octanol–water partition coefficient (Wildman–Crippen LogP) is 5.40. The number of allylic oxidation sites excluding steroid dienone is 1. The number of furan rings is 1. The summed E-state index contributed by atoms with van der Waals surface area (Å²) in [6.07, 6.45) is 4.52. The van der Waals surface area contributed by atoms with E-state index in [1.54, 1.807) is 16.8 Å². The van der Waals surface area contributed by atoms with Crippen LogP contribution >= 0.6 is 23.2 Å². The van der Waals surface area contributed by atoms with Crippen molar-refractivity contribution in [3.63, 3.8) is 0 Å². The summed E-state index contributed by atoms with van der Waals surface area (Å²) >= 11 is 12.7. The molecule has 1 N–H and O–H groups in total. The van der Waals surface area contributed by atoms with Crippen molar-refractivity contribution in [3.05, 3.63) is 99.0 Å². The maximum Gasteiger partial charge on any atom is 0.272 e. The summed E-state index contributed by atoms with van der Waals surface area (Å²) in [7, 11) is 1.92. The van der Waals surface area contributed by atoms with E-state index in [1.165, 1.54) is 0 Å². The van der Waals surface area contributed by atoms with Crippen LogP contribution in [0.5, 0.6) is 0 Å². The molecule has 1 atom stereocenters. The normalized spacial score (nSPS) is 15.1. The van der Waals surface area contributed by atoms with Crippen LogP contribution < -0.4 is 11.0 Å². The number of carbonyl (C=O) groups is 1. The van der Waals surface area contributed by atoms with Gasteiger partial charge in [0.2, 0.25) is 0 Å². The Labute approximate surface area is 215 Å². The molecular weight excluding hydrogens is 480 g/mol.